The van der Waals surface area contributed by atoms with Gasteiger partial charge in [0, 0.05) is 13.0 Å². The van der Waals surface area contributed by atoms with E-state index >= 15 is 0 Å². The van der Waals surface area contributed by atoms with Gasteiger partial charge in [-0.05, 0) is 48.5 Å². The van der Waals surface area contributed by atoms with Gasteiger partial charge in [0.15, 0.2) is 0 Å². The molecule has 2 rings (SSSR count). The summed E-state index contributed by atoms with van der Waals surface area (Å²) in [5, 5.41) is 15.4. The van der Waals surface area contributed by atoms with Crippen molar-refractivity contribution in [3.63, 3.8) is 0 Å². The Morgan fingerprint density at radius 2 is 2.22 bits per heavy atom. The summed E-state index contributed by atoms with van der Waals surface area (Å²) in [6.45, 7) is 7.13. The number of rotatable bonds is 3. The van der Waals surface area contributed by atoms with Gasteiger partial charge in [-0.2, -0.15) is 5.10 Å². The lowest BCUT2D eigenvalue weighted by atomic mass is 9.74. The molecule has 4 heteroatoms. The predicted octanol–water partition coefficient (Wildman–Crippen LogP) is 3.46. The number of aliphatic hydroxyl groups is 1. The van der Waals surface area contributed by atoms with E-state index in [4.69, 9.17) is 0 Å². The molecule has 1 aliphatic carbocycles. The van der Waals surface area contributed by atoms with Crippen LogP contribution in [-0.4, -0.2) is 20.5 Å². The van der Waals surface area contributed by atoms with Crippen LogP contribution in [0.4, 0.5) is 0 Å². The molecule has 0 bridgehead atoms. The summed E-state index contributed by atoms with van der Waals surface area (Å²) >= 11 is 3.62. The molecule has 1 saturated carbocycles. The van der Waals surface area contributed by atoms with E-state index < -0.39 is 5.60 Å². The Hall–Kier alpha value is -0.350. The molecule has 1 N–H and O–H groups in total. The number of hydrogen-bond acceptors (Lipinski definition) is 2. The molecule has 1 fully saturated rings. The van der Waals surface area contributed by atoms with Gasteiger partial charge < -0.3 is 5.11 Å². The van der Waals surface area contributed by atoms with Crippen molar-refractivity contribution < 1.29 is 5.11 Å². The first kappa shape index (κ1) is 14.1. The van der Waals surface area contributed by atoms with Crippen molar-refractivity contribution in [2.45, 2.75) is 65.0 Å². The molecule has 0 saturated heterocycles. The molecule has 1 aromatic heterocycles. The van der Waals surface area contributed by atoms with Gasteiger partial charge in [0.1, 0.15) is 0 Å². The van der Waals surface area contributed by atoms with E-state index in [2.05, 4.69) is 34.9 Å². The van der Waals surface area contributed by atoms with Crippen molar-refractivity contribution in [1.29, 1.82) is 0 Å². The molecule has 1 aliphatic rings. The lowest BCUT2D eigenvalue weighted by Gasteiger charge is -2.38. The van der Waals surface area contributed by atoms with E-state index in [1.165, 1.54) is 6.42 Å². The van der Waals surface area contributed by atoms with Gasteiger partial charge >= 0.3 is 0 Å². The molecular weight excluding hydrogens is 292 g/mol. The number of aryl methyl sites for hydroxylation is 2. The van der Waals surface area contributed by atoms with Crippen LogP contribution in [0.3, 0.4) is 0 Å². The van der Waals surface area contributed by atoms with Crippen molar-refractivity contribution >= 4 is 15.9 Å². The topological polar surface area (TPSA) is 38.0 Å². The highest BCUT2D eigenvalue weighted by molar-refractivity contribution is 9.10. The first-order valence-electron chi connectivity index (χ1n) is 6.92. The fourth-order valence-electron chi connectivity index (χ4n) is 2.99. The van der Waals surface area contributed by atoms with E-state index in [0.717, 1.165) is 41.7 Å². The van der Waals surface area contributed by atoms with Crippen LogP contribution in [0, 0.1) is 12.8 Å². The third-order valence-electron chi connectivity index (χ3n) is 4.34. The zero-order valence-corrected chi connectivity index (χ0v) is 13.1. The van der Waals surface area contributed by atoms with Crippen molar-refractivity contribution in [2.75, 3.05) is 0 Å². The highest BCUT2D eigenvalue weighted by atomic mass is 79.9. The van der Waals surface area contributed by atoms with Crippen molar-refractivity contribution in [1.82, 2.24) is 9.78 Å². The Bertz CT molecular complexity index is 430. The molecule has 0 radical (unpaired) electrons. The fraction of sp³-hybridized carbons (Fsp3) is 0.786. The van der Waals surface area contributed by atoms with Gasteiger partial charge in [-0.25, -0.2) is 0 Å². The third-order valence-corrected chi connectivity index (χ3v) is 5.37. The van der Waals surface area contributed by atoms with Crippen LogP contribution >= 0.6 is 15.9 Å². The average Bonchev–Trinajstić information content (AvgIpc) is 2.61. The second-order valence-electron chi connectivity index (χ2n) is 5.59. The molecule has 0 aromatic carbocycles. The lowest BCUT2D eigenvalue weighted by molar-refractivity contribution is -0.0420. The van der Waals surface area contributed by atoms with E-state index in [1.807, 2.05) is 11.6 Å². The molecule has 18 heavy (non-hydrogen) atoms. The van der Waals surface area contributed by atoms with Gasteiger partial charge in [0.05, 0.1) is 21.5 Å². The monoisotopic (exact) mass is 314 g/mol. The summed E-state index contributed by atoms with van der Waals surface area (Å²) in [7, 11) is 0. The molecule has 0 spiro atoms. The van der Waals surface area contributed by atoms with Crippen LogP contribution in [0.1, 0.15) is 50.9 Å². The largest absolute Gasteiger partial charge is 0.389 e. The number of nitrogens with zero attached hydrogens (tertiary/aromatic N) is 2. The maximum atomic E-state index is 10.9. The van der Waals surface area contributed by atoms with Gasteiger partial charge in [0.2, 0.25) is 0 Å². The Morgan fingerprint density at radius 3 is 2.83 bits per heavy atom. The minimum absolute atomic E-state index is 0.374. The number of halogens is 1. The van der Waals surface area contributed by atoms with Crippen molar-refractivity contribution in [3.05, 3.63) is 15.9 Å². The molecule has 3 nitrogen and oxygen atoms in total. The zero-order chi connectivity index (χ0) is 13.3. The quantitative estimate of drug-likeness (QED) is 0.927. The van der Waals surface area contributed by atoms with Gasteiger partial charge in [-0.1, -0.05) is 19.8 Å². The van der Waals surface area contributed by atoms with E-state index in [1.54, 1.807) is 0 Å². The first-order chi connectivity index (χ1) is 8.48. The number of hydrogen-bond donors (Lipinski definition) is 1. The van der Waals surface area contributed by atoms with Crippen LogP contribution in [0.5, 0.6) is 0 Å². The summed E-state index contributed by atoms with van der Waals surface area (Å²) in [6.07, 6.45) is 5.14. The van der Waals surface area contributed by atoms with Gasteiger partial charge in [-0.3, -0.25) is 4.68 Å². The van der Waals surface area contributed by atoms with Crippen LogP contribution in [0.15, 0.2) is 4.47 Å². The lowest BCUT2D eigenvalue weighted by Crippen LogP contribution is -2.41. The second kappa shape index (κ2) is 5.33. The van der Waals surface area contributed by atoms with E-state index in [9.17, 15) is 5.11 Å². The normalized spacial score (nSPS) is 28.6. The Morgan fingerprint density at radius 1 is 1.50 bits per heavy atom. The number of aromatic nitrogens is 2. The Labute approximate surface area is 118 Å². The van der Waals surface area contributed by atoms with Crippen LogP contribution in [0.25, 0.3) is 0 Å². The van der Waals surface area contributed by atoms with Crippen molar-refractivity contribution in [2.24, 2.45) is 5.92 Å². The molecule has 1 aromatic rings. The minimum atomic E-state index is -0.555. The van der Waals surface area contributed by atoms with Gasteiger partial charge in [0.25, 0.3) is 0 Å². The van der Waals surface area contributed by atoms with E-state index in [-0.39, 0.29) is 0 Å². The molecule has 102 valence electrons. The maximum Gasteiger partial charge on any atom is 0.0738 e. The van der Waals surface area contributed by atoms with Gasteiger partial charge in [-0.15, -0.1) is 0 Å². The highest BCUT2D eigenvalue weighted by Crippen LogP contribution is 2.37. The molecular formula is C14H23BrN2O. The first-order valence-corrected chi connectivity index (χ1v) is 7.71. The Kier molecular flexibility index (Phi) is 4.17. The van der Waals surface area contributed by atoms with Crippen LogP contribution in [0.2, 0.25) is 0 Å². The highest BCUT2D eigenvalue weighted by Gasteiger charge is 2.37. The zero-order valence-electron chi connectivity index (χ0n) is 11.5. The Balaban J connectivity index is 2.27. The average molecular weight is 315 g/mol. The third kappa shape index (κ3) is 2.50. The molecule has 0 amide bonds. The molecule has 0 aliphatic heterocycles. The smallest absolute Gasteiger partial charge is 0.0738 e. The molecule has 2 atom stereocenters. The van der Waals surface area contributed by atoms with Crippen molar-refractivity contribution in [3.8, 4) is 0 Å². The summed E-state index contributed by atoms with van der Waals surface area (Å²) in [6, 6.07) is 0. The summed E-state index contributed by atoms with van der Waals surface area (Å²) in [4.78, 5) is 0. The predicted molar refractivity (Wildman–Crippen MR) is 76.6 cm³/mol. The van der Waals surface area contributed by atoms with E-state index in [0.29, 0.717) is 12.3 Å². The second-order valence-corrected chi connectivity index (χ2v) is 6.38. The summed E-state index contributed by atoms with van der Waals surface area (Å²) in [5.41, 5.74) is 1.60. The standard InChI is InChI=1S/C14H23BrN2O/c1-4-17-12(13(15)11(3)16-17)9-14(18)8-6-5-7-10(14)2/h10,18H,4-9H2,1-3H3. The fourth-order valence-corrected chi connectivity index (χ4v) is 3.41. The summed E-state index contributed by atoms with van der Waals surface area (Å²) in [5.74, 6) is 0.374. The van der Waals surface area contributed by atoms with Crippen LogP contribution in [-0.2, 0) is 13.0 Å². The SMILES string of the molecule is CCn1nc(C)c(Br)c1CC1(O)CCCCC1C. The summed E-state index contributed by atoms with van der Waals surface area (Å²) < 4.78 is 3.08. The maximum absolute atomic E-state index is 10.9. The van der Waals surface area contributed by atoms with Crippen LogP contribution < -0.4 is 0 Å². The molecule has 1 heterocycles. The minimum Gasteiger partial charge on any atom is -0.389 e. The molecule has 2 unspecified atom stereocenters.